The van der Waals surface area contributed by atoms with E-state index in [4.69, 9.17) is 19.3 Å². The number of hydrogen-bond donors (Lipinski definition) is 1. The second-order valence-corrected chi connectivity index (χ2v) is 5.69. The number of carboxylic acids is 1. The summed E-state index contributed by atoms with van der Waals surface area (Å²) in [7, 11) is 0. The topological polar surface area (TPSA) is 129 Å². The second kappa shape index (κ2) is 11.4. The van der Waals surface area contributed by atoms with Crippen molar-refractivity contribution in [2.24, 2.45) is 0 Å². The van der Waals surface area contributed by atoms with Crippen molar-refractivity contribution in [1.82, 2.24) is 4.90 Å². The van der Waals surface area contributed by atoms with Crippen molar-refractivity contribution in [1.29, 1.82) is 0 Å². The van der Waals surface area contributed by atoms with Crippen LogP contribution in [-0.4, -0.2) is 79.6 Å². The number of likely N-dealkylation sites (tertiary alicyclic amines) is 1. The number of esters is 1. The van der Waals surface area contributed by atoms with Gasteiger partial charge in [0.1, 0.15) is 13.2 Å². The largest absolute Gasteiger partial charge is 0.481 e. The Kier molecular flexibility index (Phi) is 9.60. The molecule has 1 heterocycles. The van der Waals surface area contributed by atoms with Crippen molar-refractivity contribution in [2.45, 2.75) is 38.4 Å². The van der Waals surface area contributed by atoms with E-state index in [2.05, 4.69) is 4.74 Å². The molecule has 0 bridgehead atoms. The summed E-state index contributed by atoms with van der Waals surface area (Å²) < 4.78 is 20.9. The molecular weight excluding hydrogens is 350 g/mol. The third-order valence-corrected chi connectivity index (χ3v) is 3.82. The Hall–Kier alpha value is -2.20. The van der Waals surface area contributed by atoms with Gasteiger partial charge >= 0.3 is 11.9 Å². The van der Waals surface area contributed by atoms with Crippen LogP contribution in [0.25, 0.3) is 0 Å². The number of carbonyl (C=O) groups is 4. The van der Waals surface area contributed by atoms with E-state index in [1.807, 2.05) is 0 Å². The quantitative estimate of drug-likeness (QED) is 0.216. The second-order valence-electron chi connectivity index (χ2n) is 5.69. The fourth-order valence-corrected chi connectivity index (χ4v) is 2.54. The van der Waals surface area contributed by atoms with Gasteiger partial charge in [-0.1, -0.05) is 0 Å². The fourth-order valence-electron chi connectivity index (χ4n) is 2.54. The van der Waals surface area contributed by atoms with Crippen molar-refractivity contribution < 1.29 is 43.2 Å². The minimum atomic E-state index is -1.02. The van der Waals surface area contributed by atoms with Crippen LogP contribution in [-0.2, 0) is 38.1 Å². The molecule has 148 valence electrons. The Labute approximate surface area is 151 Å². The van der Waals surface area contributed by atoms with Crippen molar-refractivity contribution in [3.8, 4) is 0 Å². The van der Waals surface area contributed by atoms with Gasteiger partial charge in [0.05, 0.1) is 19.6 Å². The van der Waals surface area contributed by atoms with Gasteiger partial charge in [0, 0.05) is 39.3 Å². The Balaban J connectivity index is 2.52. The summed E-state index contributed by atoms with van der Waals surface area (Å²) in [6.07, 6.45) is 0.475. The number of ether oxygens (including phenoxy) is 4. The number of carbonyl (C=O) groups excluding carboxylic acids is 3. The number of aliphatic carboxylic acids is 1. The normalized spacial score (nSPS) is 16.0. The van der Waals surface area contributed by atoms with Gasteiger partial charge < -0.3 is 29.0 Å². The lowest BCUT2D eigenvalue weighted by Gasteiger charge is -2.41. The zero-order valence-electron chi connectivity index (χ0n) is 14.8. The molecule has 1 amide bonds. The highest BCUT2D eigenvalue weighted by Crippen LogP contribution is 2.28. The number of hydrogen-bond acceptors (Lipinski definition) is 8. The van der Waals surface area contributed by atoms with Crippen molar-refractivity contribution >= 4 is 24.3 Å². The van der Waals surface area contributed by atoms with Crippen LogP contribution in [0.15, 0.2) is 0 Å². The Bertz CT molecular complexity index is 486. The number of rotatable bonds is 12. The van der Waals surface area contributed by atoms with Crippen LogP contribution >= 0.6 is 0 Å². The maximum atomic E-state index is 12.0. The van der Waals surface area contributed by atoms with Gasteiger partial charge in [-0.25, -0.2) is 0 Å². The summed E-state index contributed by atoms with van der Waals surface area (Å²) in [4.78, 5) is 45.2. The molecule has 1 N–H and O–H groups in total. The molecule has 0 radical (unpaired) electrons. The van der Waals surface area contributed by atoms with Crippen LogP contribution in [0, 0.1) is 0 Å². The predicted molar refractivity (Wildman–Crippen MR) is 86.0 cm³/mol. The molecule has 0 aromatic carbocycles. The van der Waals surface area contributed by atoms with Gasteiger partial charge in [0.25, 0.3) is 6.47 Å². The molecule has 1 aliphatic heterocycles. The van der Waals surface area contributed by atoms with E-state index in [-0.39, 0.29) is 45.2 Å². The molecular formula is C16H25NO9. The molecule has 1 rings (SSSR count). The smallest absolute Gasteiger partial charge is 0.303 e. The Morgan fingerprint density at radius 3 is 2.19 bits per heavy atom. The van der Waals surface area contributed by atoms with Crippen LogP contribution in [0.5, 0.6) is 0 Å². The minimum absolute atomic E-state index is 0.0519. The molecule has 0 aromatic heterocycles. The van der Waals surface area contributed by atoms with Gasteiger partial charge in [0.2, 0.25) is 5.91 Å². The summed E-state index contributed by atoms with van der Waals surface area (Å²) >= 11 is 0. The minimum Gasteiger partial charge on any atom is -0.481 e. The summed E-state index contributed by atoms with van der Waals surface area (Å²) in [5.74, 6) is -2.64. The van der Waals surface area contributed by atoms with E-state index in [1.54, 1.807) is 4.90 Å². The molecule has 10 heteroatoms. The van der Waals surface area contributed by atoms with Crippen LogP contribution in [0.3, 0.4) is 0 Å². The van der Waals surface area contributed by atoms with Crippen LogP contribution < -0.4 is 0 Å². The van der Waals surface area contributed by atoms with Crippen molar-refractivity contribution in [3.63, 3.8) is 0 Å². The molecule has 0 spiro atoms. The standard InChI is InChI=1S/C16H25NO9/c1-13(19)24-9-11-26-16(25-10-8-23-12-18)4-6-17(7-5-16)14(20)2-3-15(21)22/h12H,2-11H2,1H3,(H,21,22). The lowest BCUT2D eigenvalue weighted by atomic mass is 10.0. The molecule has 1 aliphatic rings. The third kappa shape index (κ3) is 8.26. The molecule has 26 heavy (non-hydrogen) atoms. The highest BCUT2D eigenvalue weighted by molar-refractivity contribution is 5.80. The summed E-state index contributed by atoms with van der Waals surface area (Å²) in [6.45, 7) is 2.71. The number of carboxylic acid groups (broad SMARTS) is 1. The Morgan fingerprint density at radius 1 is 1.04 bits per heavy atom. The highest BCUT2D eigenvalue weighted by Gasteiger charge is 2.38. The maximum absolute atomic E-state index is 12.0. The highest BCUT2D eigenvalue weighted by atomic mass is 16.7. The molecule has 0 aromatic rings. The van der Waals surface area contributed by atoms with Crippen molar-refractivity contribution in [3.05, 3.63) is 0 Å². The van der Waals surface area contributed by atoms with Gasteiger partial charge in [-0.05, 0) is 0 Å². The SMILES string of the molecule is CC(=O)OCCOC1(OCCOC=O)CCN(C(=O)CCC(=O)O)CC1. The maximum Gasteiger partial charge on any atom is 0.303 e. The van der Waals surface area contributed by atoms with Crippen LogP contribution in [0.1, 0.15) is 32.6 Å². The number of nitrogens with zero attached hydrogens (tertiary/aromatic N) is 1. The third-order valence-electron chi connectivity index (χ3n) is 3.82. The van der Waals surface area contributed by atoms with E-state index in [0.29, 0.717) is 32.4 Å². The first-order valence-corrected chi connectivity index (χ1v) is 8.34. The van der Waals surface area contributed by atoms with Crippen LogP contribution in [0.4, 0.5) is 0 Å². The summed E-state index contributed by atoms with van der Waals surface area (Å²) in [5, 5.41) is 8.66. The average molecular weight is 375 g/mol. The average Bonchev–Trinajstić information content (AvgIpc) is 2.61. The van der Waals surface area contributed by atoms with Crippen molar-refractivity contribution in [2.75, 3.05) is 39.5 Å². The van der Waals surface area contributed by atoms with E-state index in [0.717, 1.165) is 0 Å². The predicted octanol–water partition coefficient (Wildman–Crippen LogP) is -0.0608. The molecule has 0 aliphatic carbocycles. The summed E-state index contributed by atoms with van der Waals surface area (Å²) in [6, 6.07) is 0. The van der Waals surface area contributed by atoms with Gasteiger partial charge in [-0.3, -0.25) is 19.2 Å². The Morgan fingerprint density at radius 2 is 1.65 bits per heavy atom. The lowest BCUT2D eigenvalue weighted by molar-refractivity contribution is -0.262. The lowest BCUT2D eigenvalue weighted by Crippen LogP contribution is -2.50. The summed E-state index contributed by atoms with van der Waals surface area (Å²) in [5.41, 5.74) is 0. The molecule has 0 unspecified atom stereocenters. The van der Waals surface area contributed by atoms with E-state index in [1.165, 1.54) is 6.92 Å². The van der Waals surface area contributed by atoms with Gasteiger partial charge in [-0.15, -0.1) is 0 Å². The first kappa shape index (κ1) is 21.8. The molecule has 1 saturated heterocycles. The molecule has 0 saturated carbocycles. The first-order chi connectivity index (χ1) is 12.4. The first-order valence-electron chi connectivity index (χ1n) is 8.34. The monoisotopic (exact) mass is 375 g/mol. The van der Waals surface area contributed by atoms with Gasteiger partial charge in [-0.2, -0.15) is 0 Å². The molecule has 0 atom stereocenters. The molecule has 1 fully saturated rings. The van der Waals surface area contributed by atoms with Crippen LogP contribution in [0.2, 0.25) is 0 Å². The fraction of sp³-hybridized carbons (Fsp3) is 0.750. The number of amides is 1. The van der Waals surface area contributed by atoms with E-state index < -0.39 is 17.7 Å². The zero-order valence-corrected chi connectivity index (χ0v) is 14.8. The van der Waals surface area contributed by atoms with E-state index >= 15 is 0 Å². The number of piperidine rings is 1. The van der Waals surface area contributed by atoms with Gasteiger partial charge in [0.15, 0.2) is 5.79 Å². The zero-order chi connectivity index (χ0) is 19.4. The molecule has 10 nitrogen and oxygen atoms in total. The van der Waals surface area contributed by atoms with E-state index in [9.17, 15) is 19.2 Å².